The van der Waals surface area contributed by atoms with Crippen LogP contribution in [0.15, 0.2) is 84.9 Å². The molecule has 1 aliphatic carbocycles. The first-order valence-corrected chi connectivity index (χ1v) is 9.71. The molecule has 29 heavy (non-hydrogen) atoms. The number of carbonyl (C=O) groups excluding carboxylic acids is 1. The van der Waals surface area contributed by atoms with Crippen molar-refractivity contribution in [3.05, 3.63) is 112 Å². The second kappa shape index (κ2) is 7.87. The highest BCUT2D eigenvalue weighted by molar-refractivity contribution is 5.91. The van der Waals surface area contributed by atoms with Gasteiger partial charge in [-0.25, -0.2) is 0 Å². The zero-order chi connectivity index (χ0) is 20.3. The third-order valence-corrected chi connectivity index (χ3v) is 5.51. The van der Waals surface area contributed by atoms with Gasteiger partial charge in [0.1, 0.15) is 0 Å². The fourth-order valence-corrected chi connectivity index (χ4v) is 3.76. The number of benzene rings is 3. The molecule has 0 heterocycles. The Bertz CT molecular complexity index is 956. The summed E-state index contributed by atoms with van der Waals surface area (Å²) in [5.41, 5.74) is 2.49. The predicted molar refractivity (Wildman–Crippen MR) is 111 cm³/mol. The Hall–Kier alpha value is -3.47. The van der Waals surface area contributed by atoms with Crippen LogP contribution < -0.4 is 0 Å². The quantitative estimate of drug-likeness (QED) is 0.430. The van der Waals surface area contributed by atoms with Crippen molar-refractivity contribution >= 4 is 11.6 Å². The lowest BCUT2D eigenvalue weighted by Crippen LogP contribution is -2.38. The highest BCUT2D eigenvalue weighted by Crippen LogP contribution is 2.50. The van der Waals surface area contributed by atoms with E-state index < -0.39 is 10.3 Å². The van der Waals surface area contributed by atoms with E-state index in [4.69, 9.17) is 0 Å². The third-order valence-electron chi connectivity index (χ3n) is 5.51. The molecule has 1 aliphatic rings. The SMILES string of the molecule is O=C(N(Cc1ccccc1)Cc1ccccc1)C1(c2ccc([N+](=O)[O-])cc2)CC1. The lowest BCUT2D eigenvalue weighted by atomic mass is 9.93. The molecule has 0 aromatic heterocycles. The van der Waals surface area contributed by atoms with Gasteiger partial charge in [0.2, 0.25) is 5.91 Å². The lowest BCUT2D eigenvalue weighted by molar-refractivity contribution is -0.384. The molecule has 3 aromatic carbocycles. The molecule has 1 fully saturated rings. The Kier molecular flexibility index (Phi) is 5.12. The summed E-state index contributed by atoms with van der Waals surface area (Å²) in [7, 11) is 0. The summed E-state index contributed by atoms with van der Waals surface area (Å²) in [4.78, 5) is 26.1. The van der Waals surface area contributed by atoms with Crippen LogP contribution in [0.4, 0.5) is 5.69 Å². The van der Waals surface area contributed by atoms with Gasteiger partial charge in [-0.3, -0.25) is 14.9 Å². The Morgan fingerprint density at radius 2 is 1.31 bits per heavy atom. The molecule has 3 aromatic rings. The van der Waals surface area contributed by atoms with E-state index in [2.05, 4.69) is 0 Å². The van der Waals surface area contributed by atoms with E-state index in [1.165, 1.54) is 12.1 Å². The Balaban J connectivity index is 1.62. The number of non-ortho nitro benzene ring substituents is 1. The van der Waals surface area contributed by atoms with Crippen molar-refractivity contribution in [2.45, 2.75) is 31.3 Å². The van der Waals surface area contributed by atoms with Crippen molar-refractivity contribution in [1.82, 2.24) is 4.90 Å². The molecular weight excluding hydrogens is 364 g/mol. The summed E-state index contributed by atoms with van der Waals surface area (Å²) >= 11 is 0. The zero-order valence-electron chi connectivity index (χ0n) is 16.0. The maximum Gasteiger partial charge on any atom is 0.269 e. The standard InChI is InChI=1S/C24H22N2O3/c27-23(24(15-16-24)21-11-13-22(14-12-21)26(28)29)25(17-19-7-3-1-4-8-19)18-20-9-5-2-6-10-20/h1-14H,15-18H2. The van der Waals surface area contributed by atoms with E-state index in [-0.39, 0.29) is 11.6 Å². The normalized spacial score (nSPS) is 14.2. The molecular formula is C24H22N2O3. The molecule has 1 saturated carbocycles. The second-order valence-electron chi connectivity index (χ2n) is 7.52. The summed E-state index contributed by atoms with van der Waals surface area (Å²) in [6, 6.07) is 26.4. The van der Waals surface area contributed by atoms with Crippen molar-refractivity contribution in [1.29, 1.82) is 0 Å². The van der Waals surface area contributed by atoms with Crippen molar-refractivity contribution in [3.63, 3.8) is 0 Å². The van der Waals surface area contributed by atoms with E-state index in [1.54, 1.807) is 12.1 Å². The summed E-state index contributed by atoms with van der Waals surface area (Å²) in [6.45, 7) is 1.06. The van der Waals surface area contributed by atoms with Gasteiger partial charge in [-0.1, -0.05) is 72.8 Å². The third kappa shape index (κ3) is 4.04. The van der Waals surface area contributed by atoms with Crippen molar-refractivity contribution < 1.29 is 9.72 Å². The fraction of sp³-hybridized carbons (Fsp3) is 0.208. The van der Waals surface area contributed by atoms with Gasteiger partial charge in [0.25, 0.3) is 5.69 Å². The molecule has 0 spiro atoms. The summed E-state index contributed by atoms with van der Waals surface area (Å²) in [5.74, 6) is 0.0825. The molecule has 0 bridgehead atoms. The van der Waals surface area contributed by atoms with Gasteiger partial charge in [0.05, 0.1) is 10.3 Å². The smallest absolute Gasteiger partial charge is 0.269 e. The van der Waals surface area contributed by atoms with E-state index in [1.807, 2.05) is 65.6 Å². The van der Waals surface area contributed by atoms with E-state index in [0.29, 0.717) is 13.1 Å². The number of hydrogen-bond donors (Lipinski definition) is 0. The molecule has 0 N–H and O–H groups in total. The van der Waals surface area contributed by atoms with Crippen LogP contribution in [0.5, 0.6) is 0 Å². The van der Waals surface area contributed by atoms with Gasteiger partial charge in [-0.15, -0.1) is 0 Å². The highest BCUT2D eigenvalue weighted by atomic mass is 16.6. The summed E-state index contributed by atoms with van der Waals surface area (Å²) < 4.78 is 0. The highest BCUT2D eigenvalue weighted by Gasteiger charge is 2.53. The molecule has 5 nitrogen and oxygen atoms in total. The Morgan fingerprint density at radius 1 is 0.828 bits per heavy atom. The second-order valence-corrected chi connectivity index (χ2v) is 7.52. The average Bonchev–Trinajstić information content (AvgIpc) is 3.56. The van der Waals surface area contributed by atoms with Crippen LogP contribution in [-0.4, -0.2) is 15.7 Å². The number of carbonyl (C=O) groups is 1. The number of nitro groups is 1. The first-order chi connectivity index (χ1) is 14.1. The lowest BCUT2D eigenvalue weighted by Gasteiger charge is -2.28. The number of amides is 1. The van der Waals surface area contributed by atoms with Gasteiger partial charge in [-0.2, -0.15) is 0 Å². The molecule has 4 rings (SSSR count). The molecule has 0 atom stereocenters. The van der Waals surface area contributed by atoms with Crippen molar-refractivity contribution in [2.24, 2.45) is 0 Å². The van der Waals surface area contributed by atoms with Gasteiger partial charge in [-0.05, 0) is 29.5 Å². The minimum atomic E-state index is -0.571. The van der Waals surface area contributed by atoms with Crippen LogP contribution in [0.1, 0.15) is 29.5 Å². The van der Waals surface area contributed by atoms with Crippen LogP contribution >= 0.6 is 0 Å². The summed E-state index contributed by atoms with van der Waals surface area (Å²) in [6.07, 6.45) is 1.54. The summed E-state index contributed by atoms with van der Waals surface area (Å²) in [5, 5.41) is 11.0. The molecule has 146 valence electrons. The van der Waals surface area contributed by atoms with E-state index >= 15 is 0 Å². The maximum absolute atomic E-state index is 13.6. The van der Waals surface area contributed by atoms with E-state index in [0.717, 1.165) is 29.5 Å². The number of rotatable bonds is 7. The molecule has 0 aliphatic heterocycles. The van der Waals surface area contributed by atoms with Crippen LogP contribution in [0.2, 0.25) is 0 Å². The van der Waals surface area contributed by atoms with Crippen molar-refractivity contribution in [2.75, 3.05) is 0 Å². The van der Waals surface area contributed by atoms with Gasteiger partial charge in [0.15, 0.2) is 0 Å². The molecule has 1 amide bonds. The molecule has 0 unspecified atom stereocenters. The Morgan fingerprint density at radius 3 is 1.72 bits per heavy atom. The fourth-order valence-electron chi connectivity index (χ4n) is 3.76. The van der Waals surface area contributed by atoms with Crippen LogP contribution in [0.3, 0.4) is 0 Å². The van der Waals surface area contributed by atoms with Gasteiger partial charge < -0.3 is 4.90 Å². The topological polar surface area (TPSA) is 63.5 Å². The zero-order valence-corrected chi connectivity index (χ0v) is 16.0. The monoisotopic (exact) mass is 386 g/mol. The first kappa shape index (κ1) is 18.9. The van der Waals surface area contributed by atoms with Gasteiger partial charge >= 0.3 is 0 Å². The average molecular weight is 386 g/mol. The van der Waals surface area contributed by atoms with Gasteiger partial charge in [0, 0.05) is 25.2 Å². The molecule has 0 radical (unpaired) electrons. The Labute approximate surface area is 169 Å². The predicted octanol–water partition coefficient (Wildman–Crippen LogP) is 4.86. The number of hydrogen-bond acceptors (Lipinski definition) is 3. The number of nitrogens with zero attached hydrogens (tertiary/aromatic N) is 2. The number of nitro benzene ring substituents is 1. The largest absolute Gasteiger partial charge is 0.333 e. The van der Waals surface area contributed by atoms with Crippen molar-refractivity contribution in [3.8, 4) is 0 Å². The first-order valence-electron chi connectivity index (χ1n) is 9.71. The van der Waals surface area contributed by atoms with Crippen LogP contribution in [0.25, 0.3) is 0 Å². The molecule has 5 heteroatoms. The minimum absolute atomic E-state index is 0.0439. The van der Waals surface area contributed by atoms with Crippen LogP contribution in [-0.2, 0) is 23.3 Å². The minimum Gasteiger partial charge on any atom is -0.333 e. The maximum atomic E-state index is 13.6. The van der Waals surface area contributed by atoms with E-state index in [9.17, 15) is 14.9 Å². The molecule has 0 saturated heterocycles. The van der Waals surface area contributed by atoms with Crippen LogP contribution in [0, 0.1) is 10.1 Å².